The van der Waals surface area contributed by atoms with Crippen molar-refractivity contribution in [3.8, 4) is 11.3 Å². The van der Waals surface area contributed by atoms with Gasteiger partial charge in [0, 0.05) is 29.1 Å². The number of nitrogens with zero attached hydrogens (tertiary/aromatic N) is 3. The summed E-state index contributed by atoms with van der Waals surface area (Å²) in [5, 5.41) is 9.94. The van der Waals surface area contributed by atoms with Gasteiger partial charge in [-0.3, -0.25) is 4.79 Å². The van der Waals surface area contributed by atoms with Crippen molar-refractivity contribution in [1.82, 2.24) is 9.97 Å². The molecule has 1 aromatic heterocycles. The van der Waals surface area contributed by atoms with Crippen LogP contribution in [0.4, 0.5) is 11.6 Å². The largest absolute Gasteiger partial charge is 0.481 e. The van der Waals surface area contributed by atoms with Gasteiger partial charge in [-0.15, -0.1) is 0 Å². The highest BCUT2D eigenvalue weighted by molar-refractivity contribution is 5.81. The van der Waals surface area contributed by atoms with Gasteiger partial charge in [-0.2, -0.15) is 0 Å². The van der Waals surface area contributed by atoms with E-state index in [1.165, 1.54) is 5.56 Å². The molecule has 4 rings (SSSR count). The first-order valence-electron chi connectivity index (χ1n) is 10.5. The second-order valence-corrected chi connectivity index (χ2v) is 7.95. The molecule has 0 aliphatic carbocycles. The fourth-order valence-corrected chi connectivity index (χ4v) is 4.26. The summed E-state index contributed by atoms with van der Waals surface area (Å²) in [4.78, 5) is 24.0. The van der Waals surface area contributed by atoms with Crippen LogP contribution in [0.2, 0.25) is 0 Å². The average molecular weight is 402 g/mol. The van der Waals surface area contributed by atoms with Crippen LogP contribution in [0.1, 0.15) is 48.1 Å². The minimum Gasteiger partial charge on any atom is -0.481 e. The number of aromatic nitrogens is 2. The van der Waals surface area contributed by atoms with Crippen molar-refractivity contribution in [3.05, 3.63) is 70.9 Å². The van der Waals surface area contributed by atoms with Crippen LogP contribution >= 0.6 is 0 Å². The van der Waals surface area contributed by atoms with Gasteiger partial charge in [0.25, 0.3) is 0 Å². The maximum absolute atomic E-state index is 12.1. The first-order chi connectivity index (χ1) is 14.5. The standard InChI is InChI=1S/C25H27N3O2/c1-4-7-20(24(29)30)22-17(3)26-25(27-23(22)19-12-10-16(2)11-13-19)28-15-14-18-8-5-6-9-21(18)28/h5-6,8-13,20H,4,7,14-15H2,1-3H3,(H,29,30). The highest BCUT2D eigenvalue weighted by atomic mass is 16.4. The van der Waals surface area contributed by atoms with Crippen molar-refractivity contribution in [3.63, 3.8) is 0 Å². The minimum atomic E-state index is -0.823. The molecule has 1 N–H and O–H groups in total. The molecule has 0 spiro atoms. The third-order valence-corrected chi connectivity index (χ3v) is 5.80. The van der Waals surface area contributed by atoms with Gasteiger partial charge in [0.05, 0.1) is 11.6 Å². The predicted molar refractivity (Wildman–Crippen MR) is 119 cm³/mol. The first-order valence-corrected chi connectivity index (χ1v) is 10.5. The molecule has 154 valence electrons. The van der Waals surface area contributed by atoms with E-state index in [4.69, 9.17) is 9.97 Å². The lowest BCUT2D eigenvalue weighted by Gasteiger charge is -2.23. The molecule has 1 aliphatic heterocycles. The van der Waals surface area contributed by atoms with E-state index in [9.17, 15) is 9.90 Å². The van der Waals surface area contributed by atoms with Crippen molar-refractivity contribution in [2.45, 2.75) is 46.0 Å². The maximum atomic E-state index is 12.1. The van der Waals surface area contributed by atoms with Gasteiger partial charge < -0.3 is 10.0 Å². The molecular weight excluding hydrogens is 374 g/mol. The number of hydrogen-bond acceptors (Lipinski definition) is 4. The molecule has 1 unspecified atom stereocenters. The summed E-state index contributed by atoms with van der Waals surface area (Å²) in [6.45, 7) is 6.78. The number of carboxylic acid groups (broad SMARTS) is 1. The van der Waals surface area contributed by atoms with Crippen LogP contribution in [0.25, 0.3) is 11.3 Å². The lowest BCUT2D eigenvalue weighted by Crippen LogP contribution is -2.21. The summed E-state index contributed by atoms with van der Waals surface area (Å²) in [7, 11) is 0. The number of fused-ring (bicyclic) bond motifs is 1. The van der Waals surface area contributed by atoms with Crippen molar-refractivity contribution >= 4 is 17.6 Å². The van der Waals surface area contributed by atoms with Crippen LogP contribution in [0.3, 0.4) is 0 Å². The van der Waals surface area contributed by atoms with Gasteiger partial charge >= 0.3 is 5.97 Å². The summed E-state index contributed by atoms with van der Waals surface area (Å²) in [6, 6.07) is 16.4. The molecule has 0 radical (unpaired) electrons. The zero-order chi connectivity index (χ0) is 21.3. The summed E-state index contributed by atoms with van der Waals surface area (Å²) in [5.41, 5.74) is 6.69. The number of benzene rings is 2. The molecule has 1 aliphatic rings. The number of anilines is 2. The molecule has 5 nitrogen and oxygen atoms in total. The van der Waals surface area contributed by atoms with Crippen molar-refractivity contribution < 1.29 is 9.90 Å². The minimum absolute atomic E-state index is 0.560. The van der Waals surface area contributed by atoms with Gasteiger partial charge in [-0.25, -0.2) is 9.97 Å². The summed E-state index contributed by atoms with van der Waals surface area (Å²) in [6.07, 6.45) is 2.29. The van der Waals surface area contributed by atoms with Crippen LogP contribution in [0.15, 0.2) is 48.5 Å². The Morgan fingerprint density at radius 3 is 2.53 bits per heavy atom. The van der Waals surface area contributed by atoms with Gasteiger partial charge in [-0.05, 0) is 38.3 Å². The molecule has 2 heterocycles. The summed E-state index contributed by atoms with van der Waals surface area (Å²) in [5.74, 6) is -0.806. The number of rotatable bonds is 6. The van der Waals surface area contributed by atoms with Crippen molar-refractivity contribution in [2.75, 3.05) is 11.4 Å². The van der Waals surface area contributed by atoms with Gasteiger partial charge in [0.15, 0.2) is 0 Å². The topological polar surface area (TPSA) is 66.3 Å². The fourth-order valence-electron chi connectivity index (χ4n) is 4.26. The molecule has 0 saturated carbocycles. The lowest BCUT2D eigenvalue weighted by molar-refractivity contribution is -0.139. The Labute approximate surface area is 177 Å². The Kier molecular flexibility index (Phi) is 5.53. The zero-order valence-electron chi connectivity index (χ0n) is 17.7. The molecule has 3 aromatic rings. The predicted octanol–water partition coefficient (Wildman–Crippen LogP) is 5.42. The van der Waals surface area contributed by atoms with Crippen LogP contribution < -0.4 is 4.90 Å². The molecule has 30 heavy (non-hydrogen) atoms. The van der Waals surface area contributed by atoms with E-state index < -0.39 is 11.9 Å². The zero-order valence-corrected chi connectivity index (χ0v) is 17.7. The number of hydrogen-bond donors (Lipinski definition) is 1. The Morgan fingerprint density at radius 1 is 1.10 bits per heavy atom. The van der Waals surface area contributed by atoms with E-state index in [1.54, 1.807) is 0 Å². The van der Waals surface area contributed by atoms with E-state index in [0.717, 1.165) is 53.2 Å². The quantitative estimate of drug-likeness (QED) is 0.597. The van der Waals surface area contributed by atoms with Crippen molar-refractivity contribution in [2.24, 2.45) is 0 Å². The molecule has 0 bridgehead atoms. The summed E-state index contributed by atoms with van der Waals surface area (Å²) >= 11 is 0. The van der Waals surface area contributed by atoms with Crippen LogP contribution in [-0.2, 0) is 11.2 Å². The first kappa shape index (κ1) is 20.1. The molecule has 1 atom stereocenters. The molecular formula is C25H27N3O2. The van der Waals surface area contributed by atoms with Crippen molar-refractivity contribution in [1.29, 1.82) is 0 Å². The molecule has 0 amide bonds. The average Bonchev–Trinajstić information content (AvgIpc) is 3.16. The molecule has 5 heteroatoms. The Balaban J connectivity index is 1.90. The van der Waals surface area contributed by atoms with E-state index in [1.807, 2.05) is 51.1 Å². The molecule has 0 fully saturated rings. The number of aryl methyl sites for hydroxylation is 2. The monoisotopic (exact) mass is 401 g/mol. The number of carbonyl (C=O) groups is 1. The fraction of sp³-hybridized carbons (Fsp3) is 0.320. The molecule has 2 aromatic carbocycles. The lowest BCUT2D eigenvalue weighted by atomic mass is 9.89. The van der Waals surface area contributed by atoms with E-state index in [-0.39, 0.29) is 0 Å². The third kappa shape index (κ3) is 3.67. The SMILES string of the molecule is CCCC(C(=O)O)c1c(C)nc(N2CCc3ccccc32)nc1-c1ccc(C)cc1. The maximum Gasteiger partial charge on any atom is 0.311 e. The normalized spacial score (nSPS) is 13.9. The van der Waals surface area contributed by atoms with Gasteiger partial charge in [0.1, 0.15) is 0 Å². The Hall–Kier alpha value is -3.21. The second kappa shape index (κ2) is 8.27. The third-order valence-electron chi connectivity index (χ3n) is 5.80. The Morgan fingerprint density at radius 2 is 1.83 bits per heavy atom. The van der Waals surface area contributed by atoms with Crippen LogP contribution in [0.5, 0.6) is 0 Å². The number of carboxylic acids is 1. The van der Waals surface area contributed by atoms with Gasteiger partial charge in [0.2, 0.25) is 5.95 Å². The Bertz CT molecular complexity index is 1080. The van der Waals surface area contributed by atoms with E-state index >= 15 is 0 Å². The smallest absolute Gasteiger partial charge is 0.311 e. The van der Waals surface area contributed by atoms with E-state index in [2.05, 4.69) is 23.1 Å². The number of para-hydroxylation sites is 1. The summed E-state index contributed by atoms with van der Waals surface area (Å²) < 4.78 is 0. The molecule has 0 saturated heterocycles. The second-order valence-electron chi connectivity index (χ2n) is 7.95. The number of aliphatic carboxylic acids is 1. The van der Waals surface area contributed by atoms with Crippen LogP contribution in [0, 0.1) is 13.8 Å². The van der Waals surface area contributed by atoms with Crippen LogP contribution in [-0.4, -0.2) is 27.6 Å². The highest BCUT2D eigenvalue weighted by Gasteiger charge is 2.29. The van der Waals surface area contributed by atoms with E-state index in [0.29, 0.717) is 12.4 Å². The van der Waals surface area contributed by atoms with Gasteiger partial charge in [-0.1, -0.05) is 61.4 Å². The highest BCUT2D eigenvalue weighted by Crippen LogP contribution is 2.37.